The van der Waals surface area contributed by atoms with Crippen LogP contribution in [0.1, 0.15) is 38.3 Å². The van der Waals surface area contributed by atoms with Crippen LogP contribution >= 0.6 is 0 Å². The molecule has 1 heterocycles. The summed E-state index contributed by atoms with van der Waals surface area (Å²) in [6.07, 6.45) is 0.917. The average Bonchev–Trinajstić information content (AvgIpc) is 3.09. The van der Waals surface area contributed by atoms with Crippen LogP contribution < -0.4 is 4.74 Å². The maximum Gasteiger partial charge on any atom is 0.141 e. The number of imidazole rings is 1. The molecule has 0 unspecified atom stereocenters. The summed E-state index contributed by atoms with van der Waals surface area (Å²) in [6.45, 7) is 10.4. The second-order valence-corrected chi connectivity index (χ2v) is 8.87. The molecule has 154 valence electrons. The van der Waals surface area contributed by atoms with E-state index in [2.05, 4.69) is 99.0 Å². The number of rotatable bonds is 6. The lowest BCUT2D eigenvalue weighted by Crippen LogP contribution is -2.10. The van der Waals surface area contributed by atoms with Crippen LogP contribution in [0.3, 0.4) is 0 Å². The SMILES string of the molecule is Cc1ccccc1-c1nc2ccccc2n1CCCOc1ccc(C(C)(C)C)cc1. The minimum atomic E-state index is 0.160. The second kappa shape index (κ2) is 8.35. The fraction of sp³-hybridized carbons (Fsp3) is 0.296. The molecule has 0 amide bonds. The number of fused-ring (bicyclic) bond motifs is 1. The van der Waals surface area contributed by atoms with Crippen molar-refractivity contribution in [3.05, 3.63) is 83.9 Å². The first kappa shape index (κ1) is 20.2. The van der Waals surface area contributed by atoms with Crippen molar-refractivity contribution in [3.8, 4) is 17.1 Å². The molecule has 1 aromatic heterocycles. The molecular weight excluding hydrogens is 368 g/mol. The van der Waals surface area contributed by atoms with Gasteiger partial charge < -0.3 is 9.30 Å². The lowest BCUT2D eigenvalue weighted by Gasteiger charge is -2.19. The summed E-state index contributed by atoms with van der Waals surface area (Å²) in [5.74, 6) is 1.96. The highest BCUT2D eigenvalue weighted by molar-refractivity contribution is 5.81. The number of nitrogens with zero attached hydrogens (tertiary/aromatic N) is 2. The third-order valence-corrected chi connectivity index (χ3v) is 5.56. The van der Waals surface area contributed by atoms with Crippen LogP contribution in [0, 0.1) is 6.92 Å². The average molecular weight is 399 g/mol. The van der Waals surface area contributed by atoms with Gasteiger partial charge in [0.15, 0.2) is 0 Å². The summed E-state index contributed by atoms with van der Waals surface area (Å²) in [7, 11) is 0. The van der Waals surface area contributed by atoms with Gasteiger partial charge in [-0.05, 0) is 54.2 Å². The third-order valence-electron chi connectivity index (χ3n) is 5.56. The first-order valence-corrected chi connectivity index (χ1v) is 10.7. The van der Waals surface area contributed by atoms with E-state index in [-0.39, 0.29) is 5.41 Å². The zero-order chi connectivity index (χ0) is 21.1. The molecular formula is C27H30N2O. The van der Waals surface area contributed by atoms with Crippen molar-refractivity contribution in [1.29, 1.82) is 0 Å². The maximum absolute atomic E-state index is 6.02. The van der Waals surface area contributed by atoms with Crippen LogP contribution in [0.15, 0.2) is 72.8 Å². The Morgan fingerprint density at radius 3 is 2.30 bits per heavy atom. The van der Waals surface area contributed by atoms with Crippen molar-refractivity contribution in [3.63, 3.8) is 0 Å². The number of hydrogen-bond acceptors (Lipinski definition) is 2. The molecule has 3 heteroatoms. The van der Waals surface area contributed by atoms with E-state index in [1.165, 1.54) is 22.2 Å². The Balaban J connectivity index is 1.49. The van der Waals surface area contributed by atoms with E-state index in [0.29, 0.717) is 6.61 Å². The first-order chi connectivity index (χ1) is 14.4. The normalized spacial score (nSPS) is 11.7. The van der Waals surface area contributed by atoms with Crippen molar-refractivity contribution in [2.45, 2.75) is 46.1 Å². The Bertz CT molecular complexity index is 1130. The van der Waals surface area contributed by atoms with Crippen molar-refractivity contribution >= 4 is 11.0 Å². The van der Waals surface area contributed by atoms with Crippen LogP contribution in [0.4, 0.5) is 0 Å². The van der Waals surface area contributed by atoms with E-state index in [9.17, 15) is 0 Å². The predicted octanol–water partition coefficient (Wildman–Crippen LogP) is 6.78. The molecule has 30 heavy (non-hydrogen) atoms. The van der Waals surface area contributed by atoms with E-state index in [0.717, 1.165) is 30.1 Å². The van der Waals surface area contributed by atoms with Crippen molar-refractivity contribution in [2.75, 3.05) is 6.61 Å². The molecule has 0 N–H and O–H groups in total. The van der Waals surface area contributed by atoms with E-state index < -0.39 is 0 Å². The Kier molecular flexibility index (Phi) is 5.63. The number of para-hydroxylation sites is 2. The van der Waals surface area contributed by atoms with E-state index in [1.807, 2.05) is 6.07 Å². The van der Waals surface area contributed by atoms with Crippen LogP contribution in [0.2, 0.25) is 0 Å². The summed E-state index contributed by atoms with van der Waals surface area (Å²) in [5.41, 5.74) is 6.12. The molecule has 3 aromatic carbocycles. The monoisotopic (exact) mass is 398 g/mol. The van der Waals surface area contributed by atoms with Gasteiger partial charge in [-0.2, -0.15) is 0 Å². The molecule has 0 saturated carbocycles. The molecule has 0 aliphatic rings. The molecule has 0 spiro atoms. The molecule has 0 radical (unpaired) electrons. The molecule has 0 atom stereocenters. The fourth-order valence-corrected chi connectivity index (χ4v) is 3.80. The standard InChI is InChI=1S/C27H30N2O/c1-20-10-5-6-11-23(20)26-28-24-12-7-8-13-25(24)29(26)18-9-19-30-22-16-14-21(15-17-22)27(2,3)4/h5-8,10-17H,9,18-19H2,1-4H3. The summed E-state index contributed by atoms with van der Waals surface area (Å²) in [6, 6.07) is 25.3. The molecule has 4 aromatic rings. The lowest BCUT2D eigenvalue weighted by atomic mass is 9.87. The number of aromatic nitrogens is 2. The minimum absolute atomic E-state index is 0.160. The number of benzene rings is 3. The van der Waals surface area contributed by atoms with Gasteiger partial charge in [0, 0.05) is 12.1 Å². The first-order valence-electron chi connectivity index (χ1n) is 10.7. The van der Waals surface area contributed by atoms with E-state index in [4.69, 9.17) is 9.72 Å². The van der Waals surface area contributed by atoms with Gasteiger partial charge in [-0.15, -0.1) is 0 Å². The highest BCUT2D eigenvalue weighted by Crippen LogP contribution is 2.28. The molecule has 0 bridgehead atoms. The zero-order valence-corrected chi connectivity index (χ0v) is 18.4. The van der Waals surface area contributed by atoms with Gasteiger partial charge in [0.25, 0.3) is 0 Å². The van der Waals surface area contributed by atoms with Crippen molar-refractivity contribution in [1.82, 2.24) is 9.55 Å². The number of hydrogen-bond donors (Lipinski definition) is 0. The number of ether oxygens (including phenoxy) is 1. The molecule has 3 nitrogen and oxygen atoms in total. The molecule has 0 aliphatic heterocycles. The van der Waals surface area contributed by atoms with Crippen LogP contribution in [-0.2, 0) is 12.0 Å². The van der Waals surface area contributed by atoms with Gasteiger partial charge in [-0.25, -0.2) is 4.98 Å². The number of aryl methyl sites for hydroxylation is 2. The topological polar surface area (TPSA) is 27.1 Å². The van der Waals surface area contributed by atoms with Gasteiger partial charge in [0.1, 0.15) is 11.6 Å². The zero-order valence-electron chi connectivity index (χ0n) is 18.4. The van der Waals surface area contributed by atoms with Crippen LogP contribution in [0.5, 0.6) is 5.75 Å². The Morgan fingerprint density at radius 2 is 1.57 bits per heavy atom. The summed E-state index contributed by atoms with van der Waals surface area (Å²) >= 11 is 0. The van der Waals surface area contributed by atoms with Gasteiger partial charge in [0.05, 0.1) is 17.6 Å². The smallest absolute Gasteiger partial charge is 0.141 e. The molecule has 0 aliphatic carbocycles. The molecule has 0 saturated heterocycles. The van der Waals surface area contributed by atoms with E-state index >= 15 is 0 Å². The summed E-state index contributed by atoms with van der Waals surface area (Å²) < 4.78 is 8.34. The van der Waals surface area contributed by atoms with Crippen LogP contribution in [0.25, 0.3) is 22.4 Å². The third kappa shape index (κ3) is 4.25. The van der Waals surface area contributed by atoms with Gasteiger partial charge in [0.2, 0.25) is 0 Å². The van der Waals surface area contributed by atoms with Crippen molar-refractivity contribution in [2.24, 2.45) is 0 Å². The minimum Gasteiger partial charge on any atom is -0.494 e. The Hall–Kier alpha value is -3.07. The predicted molar refractivity (Wildman–Crippen MR) is 125 cm³/mol. The maximum atomic E-state index is 6.02. The fourth-order valence-electron chi connectivity index (χ4n) is 3.80. The highest BCUT2D eigenvalue weighted by atomic mass is 16.5. The molecule has 0 fully saturated rings. The Labute approximate surface area is 179 Å². The molecule has 4 rings (SSSR count). The lowest BCUT2D eigenvalue weighted by molar-refractivity contribution is 0.302. The second-order valence-electron chi connectivity index (χ2n) is 8.87. The van der Waals surface area contributed by atoms with E-state index in [1.54, 1.807) is 0 Å². The van der Waals surface area contributed by atoms with Gasteiger partial charge in [-0.3, -0.25) is 0 Å². The Morgan fingerprint density at radius 1 is 0.867 bits per heavy atom. The van der Waals surface area contributed by atoms with Gasteiger partial charge in [-0.1, -0.05) is 69.3 Å². The van der Waals surface area contributed by atoms with Crippen LogP contribution in [-0.4, -0.2) is 16.2 Å². The highest BCUT2D eigenvalue weighted by Gasteiger charge is 2.14. The summed E-state index contributed by atoms with van der Waals surface area (Å²) in [4.78, 5) is 4.94. The summed E-state index contributed by atoms with van der Waals surface area (Å²) in [5, 5.41) is 0. The van der Waals surface area contributed by atoms with Crippen molar-refractivity contribution < 1.29 is 4.74 Å². The largest absolute Gasteiger partial charge is 0.494 e. The quantitative estimate of drug-likeness (QED) is 0.335. The van der Waals surface area contributed by atoms with Gasteiger partial charge >= 0.3 is 0 Å².